The number of halogens is 2. The normalized spacial score (nSPS) is 16.8. The van der Waals surface area contributed by atoms with Gasteiger partial charge in [0.2, 0.25) is 5.65 Å². The highest BCUT2D eigenvalue weighted by Gasteiger charge is 2.21. The maximum absolute atomic E-state index is 13.8. The zero-order valence-corrected chi connectivity index (χ0v) is 13.5. The van der Waals surface area contributed by atoms with Crippen LogP contribution in [0.15, 0.2) is 16.6 Å². The third-order valence-corrected chi connectivity index (χ3v) is 4.55. The van der Waals surface area contributed by atoms with E-state index < -0.39 is 0 Å². The van der Waals surface area contributed by atoms with Gasteiger partial charge in [-0.2, -0.15) is 4.52 Å². The predicted octanol–water partition coefficient (Wildman–Crippen LogP) is 1.33. The molecule has 0 unspecified atom stereocenters. The molecular weight excluding hydrogens is 353 g/mol. The number of anilines is 1. The number of tetrazole rings is 1. The van der Waals surface area contributed by atoms with E-state index in [-0.39, 0.29) is 5.82 Å². The maximum Gasteiger partial charge on any atom is 0.222 e. The molecule has 0 saturated carbocycles. The molecule has 1 aromatic carbocycles. The molecule has 0 spiro atoms. The molecule has 22 heavy (non-hydrogen) atoms. The first-order chi connectivity index (χ1) is 10.6. The summed E-state index contributed by atoms with van der Waals surface area (Å²) >= 11 is 3.19. The van der Waals surface area contributed by atoms with Gasteiger partial charge in [-0.15, -0.1) is 5.10 Å². The lowest BCUT2D eigenvalue weighted by atomic mass is 10.2. The van der Waals surface area contributed by atoms with Crippen LogP contribution in [0.5, 0.6) is 0 Å². The Labute approximate surface area is 133 Å². The Morgan fingerprint density at radius 3 is 2.73 bits per heavy atom. The third-order valence-electron chi connectivity index (χ3n) is 3.94. The van der Waals surface area contributed by atoms with Crippen molar-refractivity contribution in [2.45, 2.75) is 0 Å². The van der Waals surface area contributed by atoms with Gasteiger partial charge in [0.05, 0.1) is 15.5 Å². The molecule has 2 aromatic heterocycles. The van der Waals surface area contributed by atoms with E-state index in [4.69, 9.17) is 0 Å². The Hall–Kier alpha value is -1.87. The van der Waals surface area contributed by atoms with E-state index in [9.17, 15) is 4.39 Å². The van der Waals surface area contributed by atoms with Gasteiger partial charge in [-0.05, 0) is 39.5 Å². The lowest BCUT2D eigenvalue weighted by molar-refractivity contribution is 0.312. The van der Waals surface area contributed by atoms with Gasteiger partial charge in [0.25, 0.3) is 0 Å². The van der Waals surface area contributed by atoms with E-state index in [0.29, 0.717) is 27.0 Å². The van der Waals surface area contributed by atoms with Crippen molar-refractivity contribution in [2.24, 2.45) is 0 Å². The van der Waals surface area contributed by atoms with Gasteiger partial charge < -0.3 is 9.80 Å². The Morgan fingerprint density at radius 1 is 1.18 bits per heavy atom. The fraction of sp³-hybridized carbons (Fsp3) is 0.385. The van der Waals surface area contributed by atoms with Gasteiger partial charge in [0, 0.05) is 32.2 Å². The highest BCUT2D eigenvalue weighted by Crippen LogP contribution is 2.27. The zero-order valence-electron chi connectivity index (χ0n) is 11.9. The average molecular weight is 366 g/mol. The third kappa shape index (κ3) is 2.12. The SMILES string of the molecule is CN1CCN(c2nc3cc(F)c(Br)cc3n3nnnc23)CC1. The molecule has 114 valence electrons. The van der Waals surface area contributed by atoms with Gasteiger partial charge in [-0.25, -0.2) is 9.37 Å². The summed E-state index contributed by atoms with van der Waals surface area (Å²) < 4.78 is 15.8. The van der Waals surface area contributed by atoms with Crippen LogP contribution < -0.4 is 4.90 Å². The molecule has 0 bridgehead atoms. The molecule has 1 aliphatic heterocycles. The number of rotatable bonds is 1. The summed E-state index contributed by atoms with van der Waals surface area (Å²) in [7, 11) is 2.09. The largest absolute Gasteiger partial charge is 0.351 e. The first kappa shape index (κ1) is 13.8. The Kier molecular flexibility index (Phi) is 3.19. The molecule has 0 amide bonds. The highest BCUT2D eigenvalue weighted by atomic mass is 79.9. The van der Waals surface area contributed by atoms with E-state index in [1.807, 2.05) is 0 Å². The lowest BCUT2D eigenvalue weighted by Crippen LogP contribution is -2.45. The number of hydrogen-bond acceptors (Lipinski definition) is 6. The number of benzene rings is 1. The lowest BCUT2D eigenvalue weighted by Gasteiger charge is -2.33. The number of aromatic nitrogens is 5. The van der Waals surface area contributed by atoms with E-state index in [2.05, 4.69) is 53.3 Å². The summed E-state index contributed by atoms with van der Waals surface area (Å²) in [6, 6.07) is 3.05. The second kappa shape index (κ2) is 5.10. The first-order valence-corrected chi connectivity index (χ1v) is 7.73. The molecule has 1 fully saturated rings. The van der Waals surface area contributed by atoms with Crippen molar-refractivity contribution < 1.29 is 4.39 Å². The first-order valence-electron chi connectivity index (χ1n) is 6.94. The van der Waals surface area contributed by atoms with Gasteiger partial charge in [-0.1, -0.05) is 0 Å². The summed E-state index contributed by atoms with van der Waals surface area (Å²) in [4.78, 5) is 9.01. The molecule has 3 heterocycles. The minimum absolute atomic E-state index is 0.350. The molecule has 0 radical (unpaired) electrons. The quantitative estimate of drug-likeness (QED) is 0.648. The van der Waals surface area contributed by atoms with Crippen LogP contribution in [0.3, 0.4) is 0 Å². The van der Waals surface area contributed by atoms with E-state index in [1.54, 1.807) is 10.6 Å². The fourth-order valence-electron chi connectivity index (χ4n) is 2.67. The molecule has 4 rings (SSSR count). The molecule has 9 heteroatoms. The number of nitrogens with zero attached hydrogens (tertiary/aromatic N) is 7. The molecule has 0 aliphatic carbocycles. The van der Waals surface area contributed by atoms with E-state index >= 15 is 0 Å². The topological polar surface area (TPSA) is 62.5 Å². The van der Waals surface area contributed by atoms with Crippen molar-refractivity contribution in [3.8, 4) is 0 Å². The Morgan fingerprint density at radius 2 is 1.95 bits per heavy atom. The minimum atomic E-state index is -0.350. The Bertz CT molecular complexity index is 856. The molecule has 1 saturated heterocycles. The maximum atomic E-state index is 13.8. The summed E-state index contributed by atoms with van der Waals surface area (Å²) in [6.45, 7) is 3.58. The van der Waals surface area contributed by atoms with E-state index in [0.717, 1.165) is 26.2 Å². The standard InChI is InChI=1S/C13H13BrFN7/c1-20-2-4-21(5-3-20)12-13-17-18-19-22(13)11-6-8(14)9(15)7-10(11)16-12/h6-7H,2-5H2,1H3. The summed E-state index contributed by atoms with van der Waals surface area (Å²) in [5.41, 5.74) is 1.80. The fourth-order valence-corrected chi connectivity index (χ4v) is 3.00. The molecule has 0 atom stereocenters. The van der Waals surface area contributed by atoms with Crippen LogP contribution in [0.25, 0.3) is 16.7 Å². The van der Waals surface area contributed by atoms with Gasteiger partial charge >= 0.3 is 0 Å². The van der Waals surface area contributed by atoms with Crippen LogP contribution in [-0.4, -0.2) is 63.2 Å². The molecule has 0 N–H and O–H groups in total. The second-order valence-corrected chi connectivity index (χ2v) is 6.25. The van der Waals surface area contributed by atoms with Crippen molar-refractivity contribution in [1.82, 2.24) is 29.9 Å². The van der Waals surface area contributed by atoms with Crippen molar-refractivity contribution in [1.29, 1.82) is 0 Å². The van der Waals surface area contributed by atoms with Crippen LogP contribution >= 0.6 is 15.9 Å². The molecular formula is C13H13BrFN7. The van der Waals surface area contributed by atoms with Crippen LogP contribution in [-0.2, 0) is 0 Å². The van der Waals surface area contributed by atoms with Gasteiger partial charge in [0.1, 0.15) is 5.82 Å². The molecule has 1 aliphatic rings. The van der Waals surface area contributed by atoms with Crippen LogP contribution in [0, 0.1) is 5.82 Å². The van der Waals surface area contributed by atoms with Crippen molar-refractivity contribution in [2.75, 3.05) is 38.1 Å². The van der Waals surface area contributed by atoms with Gasteiger partial charge in [0.15, 0.2) is 5.82 Å². The van der Waals surface area contributed by atoms with Crippen LogP contribution in [0.2, 0.25) is 0 Å². The second-order valence-electron chi connectivity index (χ2n) is 5.40. The number of hydrogen-bond donors (Lipinski definition) is 0. The van der Waals surface area contributed by atoms with Crippen LogP contribution in [0.1, 0.15) is 0 Å². The minimum Gasteiger partial charge on any atom is -0.351 e. The van der Waals surface area contributed by atoms with Crippen molar-refractivity contribution in [3.63, 3.8) is 0 Å². The highest BCUT2D eigenvalue weighted by molar-refractivity contribution is 9.10. The zero-order chi connectivity index (χ0) is 15.3. The average Bonchev–Trinajstić information content (AvgIpc) is 2.99. The van der Waals surface area contributed by atoms with Gasteiger partial charge in [-0.3, -0.25) is 0 Å². The number of fused-ring (bicyclic) bond motifs is 3. The van der Waals surface area contributed by atoms with E-state index in [1.165, 1.54) is 6.07 Å². The monoisotopic (exact) mass is 365 g/mol. The Balaban J connectivity index is 1.93. The molecule has 3 aromatic rings. The summed E-state index contributed by atoms with van der Waals surface area (Å²) in [5.74, 6) is 0.351. The molecule has 7 nitrogen and oxygen atoms in total. The summed E-state index contributed by atoms with van der Waals surface area (Å²) in [5, 5.41) is 11.9. The predicted molar refractivity (Wildman–Crippen MR) is 83.5 cm³/mol. The van der Waals surface area contributed by atoms with Crippen molar-refractivity contribution in [3.05, 3.63) is 22.4 Å². The number of piperazine rings is 1. The smallest absolute Gasteiger partial charge is 0.222 e. The van der Waals surface area contributed by atoms with Crippen molar-refractivity contribution >= 4 is 38.4 Å². The number of likely N-dealkylation sites (N-methyl/N-ethyl adjacent to an activating group) is 1. The van der Waals surface area contributed by atoms with Crippen LogP contribution in [0.4, 0.5) is 10.2 Å². The summed E-state index contributed by atoms with van der Waals surface area (Å²) in [6.07, 6.45) is 0.